The molecule has 0 aromatic carbocycles. The lowest BCUT2D eigenvalue weighted by Gasteiger charge is -2.05. The lowest BCUT2D eigenvalue weighted by molar-refractivity contribution is 0.0947. The Hall–Kier alpha value is -0.990. The van der Waals surface area contributed by atoms with Crippen LogP contribution in [0.1, 0.15) is 15.4 Å². The van der Waals surface area contributed by atoms with Crippen LogP contribution in [0.4, 0.5) is 0 Å². The molecule has 1 heterocycles. The van der Waals surface area contributed by atoms with Gasteiger partial charge >= 0.3 is 0 Å². The molecule has 1 amide bonds. The van der Waals surface area contributed by atoms with Gasteiger partial charge in [-0.1, -0.05) is 11.3 Å². The van der Waals surface area contributed by atoms with Gasteiger partial charge in [0.05, 0.1) is 0 Å². The number of thiazole rings is 1. The molecule has 0 saturated heterocycles. The van der Waals surface area contributed by atoms with Gasteiger partial charge in [0.1, 0.15) is 4.88 Å². The van der Waals surface area contributed by atoms with E-state index in [0.717, 1.165) is 5.69 Å². The fourth-order valence-electron chi connectivity index (χ4n) is 0.905. The molecule has 0 aliphatic heterocycles. The lowest BCUT2D eigenvalue weighted by Crippen LogP contribution is -2.44. The Balaban J connectivity index is 2.87. The Morgan fingerprint density at radius 3 is 2.53 bits per heavy atom. The number of nitrogens with one attached hydrogen (secondary N) is 2. The molecule has 82 valence electrons. The Bertz CT molecular complexity index is 461. The van der Waals surface area contributed by atoms with E-state index in [2.05, 4.69) is 23.1 Å². The number of nitrogens with two attached hydrogens (primary N) is 1. The van der Waals surface area contributed by atoms with Gasteiger partial charge in [-0.05, 0) is 31.4 Å². The van der Waals surface area contributed by atoms with Crippen molar-refractivity contribution in [1.29, 1.82) is 0 Å². The first kappa shape index (κ1) is 12.1. The number of carbonyl (C=O) groups excluding carboxylic acids is 1. The zero-order valence-electron chi connectivity index (χ0n) is 8.16. The molecule has 4 N–H and O–H groups in total. The standard InChI is InChI=1S/C7H10N4OS3/c1-3-4(15-7(14)11(3)2)5(12)9-10-6(8)13/h1-2H3,(H,9,12)(H3,8,10,13). The van der Waals surface area contributed by atoms with Crippen LogP contribution in [0.5, 0.6) is 0 Å². The van der Waals surface area contributed by atoms with Crippen molar-refractivity contribution in [3.63, 3.8) is 0 Å². The van der Waals surface area contributed by atoms with Crippen molar-refractivity contribution >= 4 is 46.8 Å². The van der Waals surface area contributed by atoms with Crippen molar-refractivity contribution in [1.82, 2.24) is 15.4 Å². The van der Waals surface area contributed by atoms with E-state index in [1.54, 1.807) is 4.57 Å². The van der Waals surface area contributed by atoms with Crippen molar-refractivity contribution in [2.75, 3.05) is 0 Å². The molecule has 0 spiro atoms. The highest BCUT2D eigenvalue weighted by Crippen LogP contribution is 2.16. The average molecular weight is 262 g/mol. The van der Waals surface area contributed by atoms with Gasteiger partial charge in [-0.3, -0.25) is 15.6 Å². The highest BCUT2D eigenvalue weighted by molar-refractivity contribution is 7.80. The summed E-state index contributed by atoms with van der Waals surface area (Å²) in [7, 11) is 1.81. The van der Waals surface area contributed by atoms with E-state index < -0.39 is 0 Å². The molecule has 1 rings (SSSR count). The number of thiocarbonyl (C=S) groups is 1. The molecular weight excluding hydrogens is 252 g/mol. The number of hydrazine groups is 1. The van der Waals surface area contributed by atoms with Crippen LogP contribution in [-0.2, 0) is 7.05 Å². The van der Waals surface area contributed by atoms with E-state index >= 15 is 0 Å². The summed E-state index contributed by atoms with van der Waals surface area (Å²) in [6, 6.07) is 0. The Labute approximate surface area is 101 Å². The van der Waals surface area contributed by atoms with Crippen molar-refractivity contribution in [3.8, 4) is 0 Å². The topological polar surface area (TPSA) is 72.1 Å². The van der Waals surface area contributed by atoms with Crippen LogP contribution in [0.3, 0.4) is 0 Å². The third-order valence-electron chi connectivity index (χ3n) is 1.80. The van der Waals surface area contributed by atoms with Crippen molar-refractivity contribution in [2.45, 2.75) is 6.92 Å². The first-order chi connectivity index (χ1) is 6.93. The summed E-state index contributed by atoms with van der Waals surface area (Å²) >= 11 is 10.8. The molecule has 5 nitrogen and oxygen atoms in total. The summed E-state index contributed by atoms with van der Waals surface area (Å²) < 4.78 is 2.42. The monoisotopic (exact) mass is 262 g/mol. The largest absolute Gasteiger partial charge is 0.375 e. The van der Waals surface area contributed by atoms with Crippen molar-refractivity contribution < 1.29 is 4.79 Å². The van der Waals surface area contributed by atoms with E-state index in [1.165, 1.54) is 11.3 Å². The minimum absolute atomic E-state index is 0.0144. The quantitative estimate of drug-likeness (QED) is 0.511. The minimum atomic E-state index is -0.294. The molecule has 15 heavy (non-hydrogen) atoms. The molecule has 1 aromatic rings. The lowest BCUT2D eigenvalue weighted by atomic mass is 10.4. The van der Waals surface area contributed by atoms with Crippen LogP contribution in [0.15, 0.2) is 0 Å². The van der Waals surface area contributed by atoms with E-state index in [-0.39, 0.29) is 11.0 Å². The second-order valence-electron chi connectivity index (χ2n) is 2.78. The van der Waals surface area contributed by atoms with Crippen LogP contribution in [0.2, 0.25) is 0 Å². The molecule has 0 aliphatic carbocycles. The summed E-state index contributed by atoms with van der Waals surface area (Å²) in [4.78, 5) is 12.1. The number of aromatic nitrogens is 1. The van der Waals surface area contributed by atoms with E-state index in [4.69, 9.17) is 18.0 Å². The zero-order chi connectivity index (χ0) is 11.6. The second-order valence-corrected chi connectivity index (χ2v) is 4.87. The number of carbonyl (C=O) groups is 1. The van der Waals surface area contributed by atoms with Crippen LogP contribution in [0.25, 0.3) is 0 Å². The van der Waals surface area contributed by atoms with Gasteiger partial charge in [-0.2, -0.15) is 0 Å². The molecule has 8 heteroatoms. The maximum atomic E-state index is 11.6. The fourth-order valence-corrected chi connectivity index (χ4v) is 2.22. The van der Waals surface area contributed by atoms with E-state index in [9.17, 15) is 4.79 Å². The van der Waals surface area contributed by atoms with Gasteiger partial charge in [0, 0.05) is 12.7 Å². The third kappa shape index (κ3) is 2.74. The summed E-state index contributed by atoms with van der Waals surface area (Å²) in [6.45, 7) is 1.82. The van der Waals surface area contributed by atoms with Crippen LogP contribution in [0, 0.1) is 10.9 Å². The van der Waals surface area contributed by atoms with Gasteiger partial charge in [0.2, 0.25) is 0 Å². The van der Waals surface area contributed by atoms with Crippen molar-refractivity contribution in [3.05, 3.63) is 14.5 Å². The fraction of sp³-hybridized carbons (Fsp3) is 0.286. The molecule has 0 bridgehead atoms. The Morgan fingerprint density at radius 1 is 1.53 bits per heavy atom. The van der Waals surface area contributed by atoms with Gasteiger partial charge < -0.3 is 10.3 Å². The normalized spacial score (nSPS) is 9.73. The molecule has 0 atom stereocenters. The molecular formula is C7H10N4OS3. The summed E-state index contributed by atoms with van der Waals surface area (Å²) in [5.74, 6) is -0.294. The van der Waals surface area contributed by atoms with Crippen LogP contribution in [-0.4, -0.2) is 15.6 Å². The molecule has 0 saturated carbocycles. The molecule has 0 aliphatic rings. The first-order valence-electron chi connectivity index (χ1n) is 3.95. The Kier molecular flexibility index (Phi) is 3.77. The van der Waals surface area contributed by atoms with Gasteiger partial charge in [-0.15, -0.1) is 0 Å². The molecule has 0 unspecified atom stereocenters. The SMILES string of the molecule is Cc1c(C(=O)NNC(N)=S)sc(=S)n1C. The number of hydrogen-bond donors (Lipinski definition) is 3. The number of nitrogens with zero attached hydrogens (tertiary/aromatic N) is 1. The predicted molar refractivity (Wildman–Crippen MR) is 66.2 cm³/mol. The highest BCUT2D eigenvalue weighted by atomic mass is 32.1. The smallest absolute Gasteiger partial charge is 0.281 e. The number of amides is 1. The Morgan fingerprint density at radius 2 is 2.13 bits per heavy atom. The molecule has 1 aromatic heterocycles. The van der Waals surface area contributed by atoms with Crippen molar-refractivity contribution in [2.24, 2.45) is 12.8 Å². The minimum Gasteiger partial charge on any atom is -0.375 e. The average Bonchev–Trinajstić information content (AvgIpc) is 2.42. The molecule has 0 fully saturated rings. The van der Waals surface area contributed by atoms with Crippen LogP contribution >= 0.6 is 35.8 Å². The highest BCUT2D eigenvalue weighted by Gasteiger charge is 2.13. The number of hydrogen-bond acceptors (Lipinski definition) is 4. The summed E-state index contributed by atoms with van der Waals surface area (Å²) in [5, 5.41) is 0.0144. The van der Waals surface area contributed by atoms with Gasteiger partial charge in [-0.25, -0.2) is 0 Å². The van der Waals surface area contributed by atoms with E-state index in [0.29, 0.717) is 8.83 Å². The van der Waals surface area contributed by atoms with Gasteiger partial charge in [0.25, 0.3) is 5.91 Å². The third-order valence-corrected chi connectivity index (χ3v) is 3.56. The number of rotatable bonds is 1. The van der Waals surface area contributed by atoms with Gasteiger partial charge in [0.15, 0.2) is 9.07 Å². The van der Waals surface area contributed by atoms with Crippen LogP contribution < -0.4 is 16.6 Å². The second kappa shape index (κ2) is 4.69. The van der Waals surface area contributed by atoms with E-state index in [1.807, 2.05) is 14.0 Å². The zero-order valence-corrected chi connectivity index (χ0v) is 10.6. The maximum Gasteiger partial charge on any atom is 0.281 e. The summed E-state index contributed by atoms with van der Waals surface area (Å²) in [6.07, 6.45) is 0. The first-order valence-corrected chi connectivity index (χ1v) is 5.59. The summed E-state index contributed by atoms with van der Waals surface area (Å²) in [5.41, 5.74) is 10.7. The maximum absolute atomic E-state index is 11.6. The molecule has 0 radical (unpaired) electrons. The predicted octanol–water partition coefficient (Wildman–Crippen LogP) is 0.603.